The number of nitrogens with one attached hydrogen (secondary N) is 1. The van der Waals surface area contributed by atoms with Crippen molar-refractivity contribution in [3.05, 3.63) is 65.7 Å². The van der Waals surface area contributed by atoms with Gasteiger partial charge < -0.3 is 10.2 Å². The van der Waals surface area contributed by atoms with E-state index in [-0.39, 0.29) is 6.03 Å². The number of anilines is 1. The van der Waals surface area contributed by atoms with Gasteiger partial charge in [0.2, 0.25) is 0 Å². The van der Waals surface area contributed by atoms with Crippen molar-refractivity contribution in [3.8, 4) is 6.07 Å². The molecule has 0 fully saturated rings. The zero-order chi connectivity index (χ0) is 14.4. The van der Waals surface area contributed by atoms with Crippen molar-refractivity contribution in [2.75, 3.05) is 12.4 Å². The van der Waals surface area contributed by atoms with Gasteiger partial charge in [-0.3, -0.25) is 0 Å². The maximum atomic E-state index is 12.1. The minimum Gasteiger partial charge on any atom is -0.323 e. The number of carbonyl (C=O) groups is 1. The molecule has 0 aliphatic heterocycles. The number of para-hydroxylation sites is 1. The van der Waals surface area contributed by atoms with E-state index in [1.54, 1.807) is 36.2 Å². The number of amides is 2. The van der Waals surface area contributed by atoms with Crippen LogP contribution in [0.15, 0.2) is 54.6 Å². The predicted octanol–water partition coefficient (Wildman–Crippen LogP) is 3.22. The highest BCUT2D eigenvalue weighted by Crippen LogP contribution is 2.14. The molecule has 4 nitrogen and oxygen atoms in total. The molecule has 2 rings (SSSR count). The van der Waals surface area contributed by atoms with Crippen LogP contribution in [0.5, 0.6) is 0 Å². The molecular weight excluding hydrogens is 250 g/mol. The molecular formula is C16H15N3O. The van der Waals surface area contributed by atoms with E-state index in [9.17, 15) is 4.79 Å². The molecule has 0 aromatic heterocycles. The average molecular weight is 265 g/mol. The molecule has 2 aromatic carbocycles. The van der Waals surface area contributed by atoms with Crippen molar-refractivity contribution in [3.63, 3.8) is 0 Å². The van der Waals surface area contributed by atoms with Gasteiger partial charge in [-0.25, -0.2) is 4.79 Å². The molecule has 2 amide bonds. The van der Waals surface area contributed by atoms with Crippen molar-refractivity contribution < 1.29 is 4.79 Å². The molecule has 0 spiro atoms. The summed E-state index contributed by atoms with van der Waals surface area (Å²) in [6.45, 7) is 0.515. The molecule has 0 atom stereocenters. The molecule has 0 saturated heterocycles. The van der Waals surface area contributed by atoms with Crippen molar-refractivity contribution >= 4 is 11.7 Å². The maximum absolute atomic E-state index is 12.1. The summed E-state index contributed by atoms with van der Waals surface area (Å²) in [5.41, 5.74) is 2.03. The summed E-state index contributed by atoms with van der Waals surface area (Å²) in [6.07, 6.45) is 0. The first-order chi connectivity index (χ1) is 9.70. The lowest BCUT2D eigenvalue weighted by atomic mass is 10.2. The Hall–Kier alpha value is -2.80. The fourth-order valence-electron chi connectivity index (χ4n) is 1.83. The number of hydrogen-bond donors (Lipinski definition) is 1. The number of carbonyl (C=O) groups excluding carboxylic acids is 1. The zero-order valence-corrected chi connectivity index (χ0v) is 11.2. The van der Waals surface area contributed by atoms with Crippen molar-refractivity contribution in [2.24, 2.45) is 0 Å². The molecule has 20 heavy (non-hydrogen) atoms. The first-order valence-electron chi connectivity index (χ1n) is 6.26. The summed E-state index contributed by atoms with van der Waals surface area (Å²) in [5.74, 6) is 0. The van der Waals surface area contributed by atoms with Crippen LogP contribution >= 0.6 is 0 Å². The van der Waals surface area contributed by atoms with E-state index in [2.05, 4.69) is 11.4 Å². The standard InChI is InChI=1S/C16H15N3O/c1-19(12-13-7-3-2-4-8-13)16(20)18-15-10-6-5-9-14(15)11-17/h2-10H,12H2,1H3,(H,18,20). The summed E-state index contributed by atoms with van der Waals surface area (Å²) in [5, 5.41) is 11.7. The fraction of sp³-hybridized carbons (Fsp3) is 0.125. The van der Waals surface area contributed by atoms with Crippen LogP contribution in [0.4, 0.5) is 10.5 Å². The number of nitriles is 1. The van der Waals surface area contributed by atoms with Crippen LogP contribution in [0.3, 0.4) is 0 Å². The highest BCUT2D eigenvalue weighted by atomic mass is 16.2. The zero-order valence-electron chi connectivity index (χ0n) is 11.2. The van der Waals surface area contributed by atoms with E-state index in [0.29, 0.717) is 17.8 Å². The number of hydrogen-bond acceptors (Lipinski definition) is 2. The molecule has 2 aromatic rings. The Bertz CT molecular complexity index is 632. The molecule has 0 bridgehead atoms. The monoisotopic (exact) mass is 265 g/mol. The van der Waals surface area contributed by atoms with E-state index >= 15 is 0 Å². The second kappa shape index (κ2) is 6.39. The Morgan fingerprint density at radius 2 is 1.80 bits per heavy atom. The van der Waals surface area contributed by atoms with Gasteiger partial charge in [-0.2, -0.15) is 5.26 Å². The molecule has 1 N–H and O–H groups in total. The predicted molar refractivity (Wildman–Crippen MR) is 78.1 cm³/mol. The van der Waals surface area contributed by atoms with Gasteiger partial charge in [0.25, 0.3) is 0 Å². The third-order valence-electron chi connectivity index (χ3n) is 2.90. The number of rotatable bonds is 3. The maximum Gasteiger partial charge on any atom is 0.321 e. The summed E-state index contributed by atoms with van der Waals surface area (Å²) >= 11 is 0. The molecule has 100 valence electrons. The third-order valence-corrected chi connectivity index (χ3v) is 2.90. The lowest BCUT2D eigenvalue weighted by Gasteiger charge is -2.18. The van der Waals surface area contributed by atoms with Crippen molar-refractivity contribution in [1.29, 1.82) is 5.26 Å². The lowest BCUT2D eigenvalue weighted by Crippen LogP contribution is -2.31. The highest BCUT2D eigenvalue weighted by molar-refractivity contribution is 5.90. The molecule has 0 radical (unpaired) electrons. The van der Waals surface area contributed by atoms with Gasteiger partial charge in [0.1, 0.15) is 6.07 Å². The summed E-state index contributed by atoms with van der Waals surface area (Å²) < 4.78 is 0. The third kappa shape index (κ3) is 3.36. The normalized spacial score (nSPS) is 9.60. The van der Waals surface area contributed by atoms with Crippen LogP contribution in [0, 0.1) is 11.3 Å². The Balaban J connectivity index is 2.03. The van der Waals surface area contributed by atoms with E-state index in [1.807, 2.05) is 30.3 Å². The van der Waals surface area contributed by atoms with Crippen LogP contribution in [-0.4, -0.2) is 18.0 Å². The lowest BCUT2D eigenvalue weighted by molar-refractivity contribution is 0.220. The number of nitrogens with zero attached hydrogens (tertiary/aromatic N) is 2. The van der Waals surface area contributed by atoms with Crippen molar-refractivity contribution in [1.82, 2.24) is 4.90 Å². The van der Waals surface area contributed by atoms with Crippen LogP contribution in [0.1, 0.15) is 11.1 Å². The molecule has 0 heterocycles. The minimum absolute atomic E-state index is 0.239. The van der Waals surface area contributed by atoms with E-state index in [1.165, 1.54) is 0 Å². The molecule has 0 aliphatic carbocycles. The minimum atomic E-state index is -0.239. The fourth-order valence-corrected chi connectivity index (χ4v) is 1.83. The van der Waals surface area contributed by atoms with Gasteiger partial charge in [0.05, 0.1) is 11.3 Å². The summed E-state index contributed by atoms with van der Waals surface area (Å²) in [7, 11) is 1.72. The van der Waals surface area contributed by atoms with Gasteiger partial charge in [-0.15, -0.1) is 0 Å². The summed E-state index contributed by atoms with van der Waals surface area (Å²) in [6, 6.07) is 18.5. The van der Waals surface area contributed by atoms with Gasteiger partial charge in [-0.1, -0.05) is 42.5 Å². The summed E-state index contributed by atoms with van der Waals surface area (Å²) in [4.78, 5) is 13.7. The smallest absolute Gasteiger partial charge is 0.321 e. The Kier molecular flexibility index (Phi) is 4.35. The highest BCUT2D eigenvalue weighted by Gasteiger charge is 2.11. The number of benzene rings is 2. The van der Waals surface area contributed by atoms with E-state index < -0.39 is 0 Å². The topological polar surface area (TPSA) is 56.1 Å². The largest absolute Gasteiger partial charge is 0.323 e. The van der Waals surface area contributed by atoms with Crippen LogP contribution in [0.2, 0.25) is 0 Å². The van der Waals surface area contributed by atoms with Gasteiger partial charge in [0.15, 0.2) is 0 Å². The first-order valence-corrected chi connectivity index (χ1v) is 6.26. The van der Waals surface area contributed by atoms with Gasteiger partial charge in [-0.05, 0) is 17.7 Å². The molecule has 4 heteroatoms. The molecule has 0 aliphatic rings. The van der Waals surface area contributed by atoms with Crippen molar-refractivity contribution in [2.45, 2.75) is 6.54 Å². The number of urea groups is 1. The van der Waals surface area contributed by atoms with E-state index in [0.717, 1.165) is 5.56 Å². The Morgan fingerprint density at radius 3 is 2.50 bits per heavy atom. The van der Waals surface area contributed by atoms with Crippen LogP contribution in [0.25, 0.3) is 0 Å². The molecule has 0 saturated carbocycles. The van der Waals surface area contributed by atoms with Gasteiger partial charge >= 0.3 is 6.03 Å². The Labute approximate surface area is 118 Å². The average Bonchev–Trinajstić information content (AvgIpc) is 2.48. The first kappa shape index (κ1) is 13.6. The van der Waals surface area contributed by atoms with E-state index in [4.69, 9.17) is 5.26 Å². The SMILES string of the molecule is CN(Cc1ccccc1)C(=O)Nc1ccccc1C#N. The second-order valence-corrected chi connectivity index (χ2v) is 4.43. The Morgan fingerprint density at radius 1 is 1.15 bits per heavy atom. The van der Waals surface area contributed by atoms with Gasteiger partial charge in [0, 0.05) is 13.6 Å². The van der Waals surface area contributed by atoms with Crippen LogP contribution < -0.4 is 5.32 Å². The quantitative estimate of drug-likeness (QED) is 0.926. The second-order valence-electron chi connectivity index (χ2n) is 4.43. The molecule has 0 unspecified atom stereocenters. The van der Waals surface area contributed by atoms with Crippen LogP contribution in [-0.2, 0) is 6.54 Å².